The summed E-state index contributed by atoms with van der Waals surface area (Å²) in [5.74, 6) is 3.08. The molecule has 0 unspecified atom stereocenters. The molecule has 0 bridgehead atoms. The van der Waals surface area contributed by atoms with Gasteiger partial charge in [0.15, 0.2) is 0 Å². The summed E-state index contributed by atoms with van der Waals surface area (Å²) in [4.78, 5) is 0. The maximum absolute atomic E-state index is 8.68. The quantitative estimate of drug-likeness (QED) is 0.648. The Balaban J connectivity index is 2.25. The van der Waals surface area contributed by atoms with E-state index in [1.807, 2.05) is 43.8 Å². The van der Waals surface area contributed by atoms with E-state index < -0.39 is 0 Å². The average molecular weight is 283 g/mol. The first-order valence-corrected chi connectivity index (χ1v) is 8.03. The van der Waals surface area contributed by atoms with Crippen LogP contribution in [0.4, 0.5) is 0 Å². The van der Waals surface area contributed by atoms with Gasteiger partial charge in [-0.2, -0.15) is 11.8 Å². The van der Waals surface area contributed by atoms with E-state index in [4.69, 9.17) is 9.84 Å². The summed E-state index contributed by atoms with van der Waals surface area (Å²) < 4.78 is 5.78. The third-order valence-corrected chi connectivity index (χ3v) is 3.59. The molecule has 0 saturated heterocycles. The molecule has 2 N–H and O–H groups in total. The lowest BCUT2D eigenvalue weighted by Crippen LogP contribution is -2.18. The molecule has 3 nitrogen and oxygen atoms in total. The van der Waals surface area contributed by atoms with E-state index in [9.17, 15) is 0 Å². The van der Waals surface area contributed by atoms with Gasteiger partial charge in [-0.1, -0.05) is 18.2 Å². The van der Waals surface area contributed by atoms with Crippen LogP contribution in [0.15, 0.2) is 24.3 Å². The lowest BCUT2D eigenvalue weighted by molar-refractivity contribution is 0.239. The molecule has 1 rings (SSSR count). The van der Waals surface area contributed by atoms with Crippen LogP contribution in [0.3, 0.4) is 0 Å². The first-order chi connectivity index (χ1) is 9.24. The molecule has 0 aliphatic carbocycles. The molecule has 0 radical (unpaired) electrons. The molecule has 19 heavy (non-hydrogen) atoms. The Morgan fingerprint density at radius 3 is 2.79 bits per heavy atom. The third kappa shape index (κ3) is 7.45. The predicted octanol–water partition coefficient (Wildman–Crippen LogP) is 2.68. The highest BCUT2D eigenvalue weighted by molar-refractivity contribution is 7.99. The van der Waals surface area contributed by atoms with E-state index in [2.05, 4.69) is 11.4 Å². The highest BCUT2D eigenvalue weighted by atomic mass is 32.2. The molecule has 1 aromatic rings. The molecule has 0 spiro atoms. The highest BCUT2D eigenvalue weighted by Crippen LogP contribution is 2.19. The first kappa shape index (κ1) is 16.3. The summed E-state index contributed by atoms with van der Waals surface area (Å²) in [6.07, 6.45) is 1.09. The van der Waals surface area contributed by atoms with Gasteiger partial charge >= 0.3 is 0 Å². The minimum atomic E-state index is 0.204. The number of aliphatic hydroxyl groups excluding tert-OH is 1. The standard InChI is InChI=1S/C15H25NO2S/c1-13(2)18-15-7-4-3-6-14(15)12-16-8-11-19-10-5-9-17/h3-4,6-7,13,16-17H,5,8-12H2,1-2H3. The summed E-state index contributed by atoms with van der Waals surface area (Å²) in [5, 5.41) is 12.1. The van der Waals surface area contributed by atoms with Gasteiger partial charge in [0.1, 0.15) is 5.75 Å². The van der Waals surface area contributed by atoms with Gasteiger partial charge in [-0.05, 0) is 32.1 Å². The Hall–Kier alpha value is -0.710. The molecule has 0 atom stereocenters. The van der Waals surface area contributed by atoms with Crippen molar-refractivity contribution in [2.45, 2.75) is 32.9 Å². The zero-order valence-electron chi connectivity index (χ0n) is 11.9. The molecule has 108 valence electrons. The van der Waals surface area contributed by atoms with Crippen LogP contribution in [0.5, 0.6) is 5.75 Å². The van der Waals surface area contributed by atoms with E-state index in [-0.39, 0.29) is 6.10 Å². The zero-order chi connectivity index (χ0) is 13.9. The molecule has 0 amide bonds. The van der Waals surface area contributed by atoms with E-state index in [0.717, 1.165) is 36.8 Å². The average Bonchev–Trinajstić information content (AvgIpc) is 2.39. The number of hydrogen-bond donors (Lipinski definition) is 2. The molecule has 0 aromatic heterocycles. The lowest BCUT2D eigenvalue weighted by Gasteiger charge is -2.14. The molecule has 0 aliphatic heterocycles. The van der Waals surface area contributed by atoms with Crippen molar-refractivity contribution in [2.24, 2.45) is 0 Å². The summed E-state index contributed by atoms with van der Waals surface area (Å²) in [6, 6.07) is 8.17. The zero-order valence-corrected chi connectivity index (χ0v) is 12.7. The smallest absolute Gasteiger partial charge is 0.124 e. The first-order valence-electron chi connectivity index (χ1n) is 6.88. The van der Waals surface area contributed by atoms with Crippen molar-refractivity contribution in [1.29, 1.82) is 0 Å². The molecular weight excluding hydrogens is 258 g/mol. The van der Waals surface area contributed by atoms with Crippen LogP contribution in [0.25, 0.3) is 0 Å². The summed E-state index contributed by atoms with van der Waals surface area (Å²) >= 11 is 1.87. The van der Waals surface area contributed by atoms with E-state index >= 15 is 0 Å². The molecule has 0 aliphatic rings. The maximum atomic E-state index is 8.68. The summed E-state index contributed by atoms with van der Waals surface area (Å²) in [6.45, 7) is 6.19. The fourth-order valence-corrected chi connectivity index (χ4v) is 2.48. The van der Waals surface area contributed by atoms with Crippen molar-refractivity contribution < 1.29 is 9.84 Å². The van der Waals surface area contributed by atoms with Gasteiger partial charge in [0.2, 0.25) is 0 Å². The Morgan fingerprint density at radius 2 is 2.05 bits per heavy atom. The monoisotopic (exact) mass is 283 g/mol. The van der Waals surface area contributed by atoms with E-state index in [1.165, 1.54) is 5.56 Å². The summed E-state index contributed by atoms with van der Waals surface area (Å²) in [5.41, 5.74) is 1.21. The van der Waals surface area contributed by atoms with Crippen molar-refractivity contribution in [2.75, 3.05) is 24.7 Å². The van der Waals surface area contributed by atoms with Crippen LogP contribution in [-0.2, 0) is 6.54 Å². The van der Waals surface area contributed by atoms with Crippen molar-refractivity contribution in [3.8, 4) is 5.75 Å². The van der Waals surface area contributed by atoms with Crippen LogP contribution >= 0.6 is 11.8 Å². The molecule has 0 heterocycles. The number of thioether (sulfide) groups is 1. The molecule has 0 fully saturated rings. The van der Waals surface area contributed by atoms with E-state index in [1.54, 1.807) is 0 Å². The predicted molar refractivity (Wildman–Crippen MR) is 82.9 cm³/mol. The fourth-order valence-electron chi connectivity index (χ4n) is 1.65. The van der Waals surface area contributed by atoms with Crippen LogP contribution in [-0.4, -0.2) is 35.9 Å². The number of hydrogen-bond acceptors (Lipinski definition) is 4. The largest absolute Gasteiger partial charge is 0.491 e. The van der Waals surface area contributed by atoms with Crippen LogP contribution in [0, 0.1) is 0 Å². The Kier molecular flexibility index (Phi) is 8.71. The number of para-hydroxylation sites is 1. The number of ether oxygens (including phenoxy) is 1. The van der Waals surface area contributed by atoms with Crippen molar-refractivity contribution in [3.05, 3.63) is 29.8 Å². The van der Waals surface area contributed by atoms with Gasteiger partial charge in [0.25, 0.3) is 0 Å². The van der Waals surface area contributed by atoms with Gasteiger partial charge in [-0.15, -0.1) is 0 Å². The lowest BCUT2D eigenvalue weighted by atomic mass is 10.2. The van der Waals surface area contributed by atoms with Gasteiger partial charge in [-0.3, -0.25) is 0 Å². The van der Waals surface area contributed by atoms with Gasteiger partial charge in [-0.25, -0.2) is 0 Å². The molecule has 0 saturated carbocycles. The normalized spacial score (nSPS) is 10.9. The van der Waals surface area contributed by atoms with E-state index in [0.29, 0.717) is 6.61 Å². The van der Waals surface area contributed by atoms with Crippen molar-refractivity contribution >= 4 is 11.8 Å². The number of rotatable bonds is 10. The number of nitrogens with one attached hydrogen (secondary N) is 1. The Morgan fingerprint density at radius 1 is 1.26 bits per heavy atom. The van der Waals surface area contributed by atoms with Crippen LogP contribution in [0.2, 0.25) is 0 Å². The van der Waals surface area contributed by atoms with Crippen LogP contribution < -0.4 is 10.1 Å². The van der Waals surface area contributed by atoms with Gasteiger partial charge in [0.05, 0.1) is 6.10 Å². The van der Waals surface area contributed by atoms with Crippen molar-refractivity contribution in [3.63, 3.8) is 0 Å². The number of aliphatic hydroxyl groups is 1. The van der Waals surface area contributed by atoms with Crippen molar-refractivity contribution in [1.82, 2.24) is 5.32 Å². The topological polar surface area (TPSA) is 41.5 Å². The SMILES string of the molecule is CC(C)Oc1ccccc1CNCCSCCCO. The maximum Gasteiger partial charge on any atom is 0.124 e. The third-order valence-electron chi connectivity index (χ3n) is 2.52. The second kappa shape index (κ2) is 10.1. The Labute approximate surface area is 120 Å². The fraction of sp³-hybridized carbons (Fsp3) is 0.600. The second-order valence-corrected chi connectivity index (χ2v) is 5.87. The summed E-state index contributed by atoms with van der Waals surface area (Å²) in [7, 11) is 0. The van der Waals surface area contributed by atoms with Crippen LogP contribution in [0.1, 0.15) is 25.8 Å². The molecule has 4 heteroatoms. The minimum Gasteiger partial charge on any atom is -0.491 e. The second-order valence-electron chi connectivity index (χ2n) is 4.64. The number of benzene rings is 1. The van der Waals surface area contributed by atoms with Gasteiger partial charge in [0, 0.05) is 31.0 Å². The Bertz CT molecular complexity index is 345. The molecular formula is C15H25NO2S. The van der Waals surface area contributed by atoms with Gasteiger partial charge < -0.3 is 15.2 Å². The molecule has 1 aromatic carbocycles. The highest BCUT2D eigenvalue weighted by Gasteiger charge is 2.04. The minimum absolute atomic E-state index is 0.204.